The van der Waals surface area contributed by atoms with Gasteiger partial charge in [0.25, 0.3) is 5.91 Å². The second-order valence-electron chi connectivity index (χ2n) is 7.97. The highest BCUT2D eigenvalue weighted by Gasteiger charge is 2.10. The Kier molecular flexibility index (Phi) is 10.7. The number of benzene rings is 3. The smallest absolute Gasteiger partial charge is 0.251 e. The van der Waals surface area contributed by atoms with Gasteiger partial charge in [0.15, 0.2) is 0 Å². The van der Waals surface area contributed by atoms with Gasteiger partial charge < -0.3 is 10.6 Å². The summed E-state index contributed by atoms with van der Waals surface area (Å²) in [6.45, 7) is 1.91. The van der Waals surface area contributed by atoms with Gasteiger partial charge in [-0.15, -0.1) is 11.8 Å². The minimum Gasteiger partial charge on any atom is -0.349 e. The Labute approximate surface area is 215 Å². The maximum atomic E-state index is 12.8. The van der Waals surface area contributed by atoms with Crippen molar-refractivity contribution in [3.05, 3.63) is 126 Å². The lowest BCUT2D eigenvalue weighted by molar-refractivity contribution is -0.105. The van der Waals surface area contributed by atoms with Crippen LogP contribution in [-0.4, -0.2) is 23.3 Å². The minimum absolute atomic E-state index is 0.0348. The standard InChI is InChI=1S/C15H15FN2O.C14H13NOS/c1-11(10-14-4-2-3-9-17-14)18-15(19)12-5-7-13(16)8-6-12;16-11-15-13-6-8-14(9-7-13)17-10-12-4-2-1-3-5-12/h2-9,11H,10H2,1H3,(H,18,19);1-9,11H,10H2,(H,15,16). The van der Waals surface area contributed by atoms with E-state index in [-0.39, 0.29) is 17.8 Å². The number of rotatable bonds is 9. The van der Waals surface area contributed by atoms with Gasteiger partial charge in [-0.25, -0.2) is 4.39 Å². The summed E-state index contributed by atoms with van der Waals surface area (Å²) in [6.07, 6.45) is 3.07. The molecule has 4 aromatic rings. The molecule has 1 heterocycles. The quantitative estimate of drug-likeness (QED) is 0.214. The third-order valence-electron chi connectivity index (χ3n) is 5.05. The van der Waals surface area contributed by atoms with Crippen LogP contribution in [0, 0.1) is 5.82 Å². The second kappa shape index (κ2) is 14.4. The fourth-order valence-corrected chi connectivity index (χ4v) is 4.10. The number of aromatic nitrogens is 1. The van der Waals surface area contributed by atoms with E-state index in [1.165, 1.54) is 34.7 Å². The normalized spacial score (nSPS) is 10.9. The number of carbonyl (C=O) groups is 2. The summed E-state index contributed by atoms with van der Waals surface area (Å²) in [7, 11) is 0. The van der Waals surface area contributed by atoms with Gasteiger partial charge >= 0.3 is 0 Å². The topological polar surface area (TPSA) is 71.1 Å². The third-order valence-corrected chi connectivity index (χ3v) is 6.14. The monoisotopic (exact) mass is 501 g/mol. The van der Waals surface area contributed by atoms with Crippen LogP contribution in [0.25, 0.3) is 0 Å². The highest BCUT2D eigenvalue weighted by atomic mass is 32.2. The molecule has 7 heteroatoms. The van der Waals surface area contributed by atoms with Gasteiger partial charge in [-0.1, -0.05) is 36.4 Å². The van der Waals surface area contributed by atoms with E-state index in [1.54, 1.807) is 18.0 Å². The Morgan fingerprint density at radius 1 is 0.944 bits per heavy atom. The van der Waals surface area contributed by atoms with E-state index in [2.05, 4.69) is 27.8 Å². The maximum Gasteiger partial charge on any atom is 0.251 e. The molecule has 0 spiro atoms. The zero-order valence-electron chi connectivity index (χ0n) is 19.9. The van der Waals surface area contributed by atoms with Crippen molar-refractivity contribution in [1.29, 1.82) is 0 Å². The Balaban J connectivity index is 0.000000202. The summed E-state index contributed by atoms with van der Waals surface area (Å²) < 4.78 is 12.8. The lowest BCUT2D eigenvalue weighted by Gasteiger charge is -2.13. The van der Waals surface area contributed by atoms with Crippen LogP contribution in [0.4, 0.5) is 10.1 Å². The number of hydrogen-bond acceptors (Lipinski definition) is 4. The first-order valence-corrected chi connectivity index (χ1v) is 12.5. The van der Waals surface area contributed by atoms with E-state index in [4.69, 9.17) is 0 Å². The van der Waals surface area contributed by atoms with Gasteiger partial charge in [-0.3, -0.25) is 14.6 Å². The number of anilines is 1. The number of halogens is 1. The van der Waals surface area contributed by atoms with Crippen LogP contribution < -0.4 is 10.6 Å². The van der Waals surface area contributed by atoms with Crippen LogP contribution >= 0.6 is 11.8 Å². The van der Waals surface area contributed by atoms with Crippen LogP contribution in [0.1, 0.15) is 28.5 Å². The molecule has 0 saturated carbocycles. The molecule has 2 N–H and O–H groups in total. The number of nitrogens with one attached hydrogen (secondary N) is 2. The number of nitrogens with zero attached hydrogens (tertiary/aromatic N) is 1. The van der Waals surface area contributed by atoms with Crippen LogP contribution in [0.3, 0.4) is 0 Å². The molecule has 1 unspecified atom stereocenters. The molecule has 1 aromatic heterocycles. The first kappa shape index (κ1) is 26.6. The van der Waals surface area contributed by atoms with Crippen molar-refractivity contribution in [3.8, 4) is 0 Å². The van der Waals surface area contributed by atoms with Crippen molar-refractivity contribution in [3.63, 3.8) is 0 Å². The molecule has 0 bridgehead atoms. The SMILES string of the molecule is CC(Cc1ccccn1)NC(=O)c1ccc(F)cc1.O=CNc1ccc(SCc2ccccc2)cc1. The molecule has 0 fully saturated rings. The number of hydrogen-bond donors (Lipinski definition) is 2. The van der Waals surface area contributed by atoms with E-state index in [0.717, 1.165) is 17.1 Å². The molecule has 0 aliphatic carbocycles. The average Bonchev–Trinajstić information content (AvgIpc) is 2.90. The summed E-state index contributed by atoms with van der Waals surface area (Å²) in [5, 5.41) is 5.48. The molecule has 0 aliphatic heterocycles. The number of thioether (sulfide) groups is 1. The molecule has 2 amide bonds. The summed E-state index contributed by atoms with van der Waals surface area (Å²) in [6, 6.07) is 29.3. The summed E-state index contributed by atoms with van der Waals surface area (Å²) >= 11 is 1.78. The van der Waals surface area contributed by atoms with Crippen LogP contribution in [0.2, 0.25) is 0 Å². The van der Waals surface area contributed by atoms with Crippen molar-refractivity contribution in [1.82, 2.24) is 10.3 Å². The van der Waals surface area contributed by atoms with E-state index >= 15 is 0 Å². The summed E-state index contributed by atoms with van der Waals surface area (Å²) in [4.78, 5) is 27.6. The maximum absolute atomic E-state index is 12.8. The lowest BCUT2D eigenvalue weighted by Crippen LogP contribution is -2.34. The van der Waals surface area contributed by atoms with Crippen molar-refractivity contribution < 1.29 is 14.0 Å². The Morgan fingerprint density at radius 2 is 1.64 bits per heavy atom. The molecule has 184 valence electrons. The van der Waals surface area contributed by atoms with Gasteiger partial charge in [0, 0.05) is 46.3 Å². The predicted octanol–water partition coefficient (Wildman–Crippen LogP) is 6.13. The number of carbonyl (C=O) groups excluding carboxylic acids is 2. The molecule has 1 atom stereocenters. The molecule has 0 saturated heterocycles. The zero-order valence-corrected chi connectivity index (χ0v) is 20.8. The minimum atomic E-state index is -0.349. The molecular formula is C29H28FN3O2S. The molecule has 5 nitrogen and oxygen atoms in total. The van der Waals surface area contributed by atoms with Gasteiger partial charge in [0.1, 0.15) is 5.82 Å². The molecule has 0 radical (unpaired) electrons. The van der Waals surface area contributed by atoms with Crippen LogP contribution in [0.5, 0.6) is 0 Å². The van der Waals surface area contributed by atoms with E-state index in [1.807, 2.05) is 67.6 Å². The summed E-state index contributed by atoms with van der Waals surface area (Å²) in [5.41, 5.74) is 3.51. The van der Waals surface area contributed by atoms with E-state index in [0.29, 0.717) is 18.4 Å². The number of pyridine rings is 1. The molecular weight excluding hydrogens is 473 g/mol. The third kappa shape index (κ3) is 9.35. The average molecular weight is 502 g/mol. The number of amides is 2. The molecule has 36 heavy (non-hydrogen) atoms. The van der Waals surface area contributed by atoms with Crippen molar-refractivity contribution in [2.24, 2.45) is 0 Å². The van der Waals surface area contributed by atoms with Gasteiger partial charge in [-0.2, -0.15) is 0 Å². The van der Waals surface area contributed by atoms with E-state index < -0.39 is 0 Å². The zero-order chi connectivity index (χ0) is 25.6. The van der Waals surface area contributed by atoms with E-state index in [9.17, 15) is 14.0 Å². The first-order valence-electron chi connectivity index (χ1n) is 11.5. The Bertz CT molecular complexity index is 1200. The Morgan fingerprint density at radius 3 is 2.28 bits per heavy atom. The molecule has 0 aliphatic rings. The van der Waals surface area contributed by atoms with Gasteiger partial charge in [0.05, 0.1) is 0 Å². The highest BCUT2D eigenvalue weighted by Crippen LogP contribution is 2.23. The fraction of sp³-hybridized carbons (Fsp3) is 0.138. The Hall–Kier alpha value is -3.97. The highest BCUT2D eigenvalue weighted by molar-refractivity contribution is 7.98. The molecule has 4 rings (SSSR count). The second-order valence-corrected chi connectivity index (χ2v) is 9.02. The van der Waals surface area contributed by atoms with Crippen LogP contribution in [-0.2, 0) is 17.0 Å². The van der Waals surface area contributed by atoms with Gasteiger partial charge in [-0.05, 0) is 73.2 Å². The van der Waals surface area contributed by atoms with Crippen molar-refractivity contribution in [2.45, 2.75) is 30.0 Å². The fourth-order valence-electron chi connectivity index (χ4n) is 3.25. The van der Waals surface area contributed by atoms with Gasteiger partial charge in [0.2, 0.25) is 6.41 Å². The summed E-state index contributed by atoms with van der Waals surface area (Å²) in [5.74, 6) is 0.405. The lowest BCUT2D eigenvalue weighted by atomic mass is 10.1. The largest absolute Gasteiger partial charge is 0.349 e. The first-order chi connectivity index (χ1) is 17.5. The van der Waals surface area contributed by atoms with Crippen molar-refractivity contribution in [2.75, 3.05) is 5.32 Å². The molecule has 3 aromatic carbocycles. The van der Waals surface area contributed by atoms with Crippen LogP contribution in [0.15, 0.2) is 108 Å². The predicted molar refractivity (Wildman–Crippen MR) is 143 cm³/mol. The van der Waals surface area contributed by atoms with Crippen molar-refractivity contribution >= 4 is 29.8 Å².